The monoisotopic (exact) mass is 491 g/mol. The highest BCUT2D eigenvalue weighted by molar-refractivity contribution is 7.09. The van der Waals surface area contributed by atoms with Crippen molar-refractivity contribution in [2.45, 2.75) is 18.3 Å². The van der Waals surface area contributed by atoms with Gasteiger partial charge in [-0.15, -0.1) is 11.3 Å². The normalized spacial score (nSPS) is 21.9. The molecule has 1 spiro atoms. The van der Waals surface area contributed by atoms with Crippen molar-refractivity contribution in [1.29, 1.82) is 0 Å². The number of aliphatic carboxylic acids is 1. The second-order valence-corrected chi connectivity index (χ2v) is 8.40. The fourth-order valence-corrected chi connectivity index (χ4v) is 4.05. The third kappa shape index (κ3) is 6.93. The van der Waals surface area contributed by atoms with Gasteiger partial charge in [0.15, 0.2) is 0 Å². The Labute approximate surface area is 190 Å². The number of aromatic nitrogens is 1. The zero-order valence-corrected chi connectivity index (χ0v) is 18.1. The maximum atomic E-state index is 13.2. The molecule has 1 N–H and O–H groups in total. The smallest absolute Gasteiger partial charge is 0.475 e. The van der Waals surface area contributed by atoms with Crippen LogP contribution >= 0.6 is 11.3 Å². The molecule has 180 valence electrons. The number of alkyl halides is 3. The van der Waals surface area contributed by atoms with E-state index in [0.29, 0.717) is 32.0 Å². The molecule has 2 saturated heterocycles. The van der Waals surface area contributed by atoms with Gasteiger partial charge in [0, 0.05) is 30.4 Å². The number of nitrogens with zero attached hydrogens (tertiary/aromatic N) is 3. The van der Waals surface area contributed by atoms with E-state index in [4.69, 9.17) is 19.4 Å². The van der Waals surface area contributed by atoms with Crippen LogP contribution in [0.5, 0.6) is 0 Å². The summed E-state index contributed by atoms with van der Waals surface area (Å²) in [6, 6.07) is 5.97. The first-order chi connectivity index (χ1) is 15.6. The van der Waals surface area contributed by atoms with Crippen molar-refractivity contribution in [1.82, 2.24) is 9.88 Å². The van der Waals surface area contributed by atoms with E-state index in [-0.39, 0.29) is 18.3 Å². The van der Waals surface area contributed by atoms with Crippen molar-refractivity contribution >= 4 is 28.9 Å². The minimum Gasteiger partial charge on any atom is -0.475 e. The molecule has 0 saturated carbocycles. The third-order valence-corrected chi connectivity index (χ3v) is 5.67. The van der Waals surface area contributed by atoms with Gasteiger partial charge in [-0.25, -0.2) is 14.2 Å². The molecule has 0 aliphatic carbocycles. The van der Waals surface area contributed by atoms with Crippen LogP contribution in [0.2, 0.25) is 0 Å². The number of benzene rings is 1. The topological polar surface area (TPSA) is 92.2 Å². The largest absolute Gasteiger partial charge is 0.490 e. The SMILES string of the molecule is O=C(O)C(F)(F)F.O=C1COC2(COCCN(Cc3nccs3)C2)CN1c1ccc(F)cc1. The number of thiazole rings is 1. The van der Waals surface area contributed by atoms with Crippen LogP contribution in [0.1, 0.15) is 5.01 Å². The molecule has 13 heteroatoms. The number of anilines is 1. The first-order valence-corrected chi connectivity index (χ1v) is 10.6. The van der Waals surface area contributed by atoms with Crippen molar-refractivity contribution < 1.29 is 41.7 Å². The highest BCUT2D eigenvalue weighted by Gasteiger charge is 2.43. The fraction of sp³-hybridized carbons (Fsp3) is 0.450. The highest BCUT2D eigenvalue weighted by Crippen LogP contribution is 2.28. The maximum Gasteiger partial charge on any atom is 0.490 e. The van der Waals surface area contributed by atoms with Crippen molar-refractivity contribution in [2.24, 2.45) is 0 Å². The average Bonchev–Trinajstić information content (AvgIpc) is 3.18. The Morgan fingerprint density at radius 2 is 1.94 bits per heavy atom. The number of carboxylic acids is 1. The average molecular weight is 491 g/mol. The number of hydrogen-bond donors (Lipinski definition) is 1. The van der Waals surface area contributed by atoms with Crippen LogP contribution in [0.3, 0.4) is 0 Å². The van der Waals surface area contributed by atoms with Crippen LogP contribution in [0, 0.1) is 5.82 Å². The number of halogens is 4. The van der Waals surface area contributed by atoms with Crippen molar-refractivity contribution in [3.05, 3.63) is 46.7 Å². The van der Waals surface area contributed by atoms with Gasteiger partial charge >= 0.3 is 12.1 Å². The van der Waals surface area contributed by atoms with E-state index >= 15 is 0 Å². The highest BCUT2D eigenvalue weighted by atomic mass is 32.1. The molecule has 0 radical (unpaired) electrons. The second-order valence-electron chi connectivity index (χ2n) is 7.42. The summed E-state index contributed by atoms with van der Waals surface area (Å²) in [5.41, 5.74) is 0.0746. The van der Waals surface area contributed by atoms with E-state index in [1.807, 2.05) is 5.38 Å². The van der Waals surface area contributed by atoms with Crippen LogP contribution in [-0.4, -0.2) is 78.1 Å². The number of morpholine rings is 1. The number of carboxylic acid groups (broad SMARTS) is 1. The molecule has 33 heavy (non-hydrogen) atoms. The maximum absolute atomic E-state index is 13.2. The van der Waals surface area contributed by atoms with E-state index in [0.717, 1.165) is 18.1 Å². The summed E-state index contributed by atoms with van der Waals surface area (Å²) in [5.74, 6) is -3.21. The Hall–Kier alpha value is -2.61. The molecule has 2 aliphatic heterocycles. The van der Waals surface area contributed by atoms with Crippen LogP contribution in [0.25, 0.3) is 0 Å². The lowest BCUT2D eigenvalue weighted by Crippen LogP contribution is -2.60. The van der Waals surface area contributed by atoms with Crippen LogP contribution in [-0.2, 0) is 25.6 Å². The molecule has 1 aromatic heterocycles. The van der Waals surface area contributed by atoms with E-state index in [1.165, 1.54) is 12.1 Å². The molecule has 3 heterocycles. The molecular weight excluding hydrogens is 470 g/mol. The predicted molar refractivity (Wildman–Crippen MR) is 109 cm³/mol. The van der Waals surface area contributed by atoms with Gasteiger partial charge in [0.05, 0.1) is 26.3 Å². The summed E-state index contributed by atoms with van der Waals surface area (Å²) < 4.78 is 56.7. The summed E-state index contributed by atoms with van der Waals surface area (Å²) in [7, 11) is 0. The Morgan fingerprint density at radius 3 is 2.55 bits per heavy atom. The Kier molecular flexibility index (Phi) is 8.00. The van der Waals surface area contributed by atoms with Crippen LogP contribution in [0.4, 0.5) is 23.2 Å². The predicted octanol–water partition coefficient (Wildman–Crippen LogP) is 2.55. The Bertz CT molecular complexity index is 942. The van der Waals surface area contributed by atoms with Gasteiger partial charge in [0.2, 0.25) is 0 Å². The standard InChI is InChI=1S/C18H20FN3O3S.C2HF3O2/c19-14-1-3-15(4-2-14)22-12-18(25-10-17(22)23)11-21(6-7-24-13-18)9-16-20-5-8-26-16;3-2(4,5)1(6)7/h1-5,8H,6-7,9-13H2;(H,6,7). The van der Waals surface area contributed by atoms with Crippen molar-refractivity contribution in [3.8, 4) is 0 Å². The molecular formula is C20H21F4N3O5S. The zero-order chi connectivity index (χ0) is 24.1. The molecule has 2 aliphatic rings. The van der Waals surface area contributed by atoms with Gasteiger partial charge in [-0.05, 0) is 24.3 Å². The molecule has 0 bridgehead atoms. The number of ether oxygens (including phenoxy) is 2. The van der Waals surface area contributed by atoms with Gasteiger partial charge in [-0.2, -0.15) is 13.2 Å². The molecule has 2 fully saturated rings. The first kappa shape index (κ1) is 25.0. The van der Waals surface area contributed by atoms with Gasteiger partial charge in [-0.3, -0.25) is 9.69 Å². The number of rotatable bonds is 3. The summed E-state index contributed by atoms with van der Waals surface area (Å²) in [4.78, 5) is 29.5. The van der Waals surface area contributed by atoms with Crippen molar-refractivity contribution in [2.75, 3.05) is 44.4 Å². The summed E-state index contributed by atoms with van der Waals surface area (Å²) in [6.45, 7) is 3.58. The molecule has 1 amide bonds. The zero-order valence-electron chi connectivity index (χ0n) is 17.3. The summed E-state index contributed by atoms with van der Waals surface area (Å²) in [6.07, 6.45) is -3.28. The molecule has 1 aromatic carbocycles. The number of carbonyl (C=O) groups excluding carboxylic acids is 1. The molecule has 8 nitrogen and oxygen atoms in total. The number of hydrogen-bond acceptors (Lipinski definition) is 7. The molecule has 1 atom stereocenters. The Morgan fingerprint density at radius 1 is 1.24 bits per heavy atom. The quantitative estimate of drug-likeness (QED) is 0.660. The van der Waals surface area contributed by atoms with E-state index in [9.17, 15) is 22.4 Å². The molecule has 1 unspecified atom stereocenters. The van der Waals surface area contributed by atoms with Crippen molar-refractivity contribution in [3.63, 3.8) is 0 Å². The van der Waals surface area contributed by atoms with Gasteiger partial charge in [-0.1, -0.05) is 0 Å². The molecule has 4 rings (SSSR count). The molecule has 2 aromatic rings. The van der Waals surface area contributed by atoms with Gasteiger partial charge in [0.25, 0.3) is 5.91 Å². The van der Waals surface area contributed by atoms with Gasteiger partial charge in [0.1, 0.15) is 23.0 Å². The van der Waals surface area contributed by atoms with Crippen LogP contribution < -0.4 is 4.90 Å². The second kappa shape index (κ2) is 10.5. The number of carbonyl (C=O) groups is 2. The van der Waals surface area contributed by atoms with E-state index in [2.05, 4.69) is 9.88 Å². The van der Waals surface area contributed by atoms with Gasteiger partial charge < -0.3 is 19.5 Å². The summed E-state index contributed by atoms with van der Waals surface area (Å²) >= 11 is 1.62. The Balaban J connectivity index is 0.000000383. The third-order valence-electron chi connectivity index (χ3n) is 4.90. The summed E-state index contributed by atoms with van der Waals surface area (Å²) in [5, 5.41) is 10.1. The minimum atomic E-state index is -5.08. The lowest BCUT2D eigenvalue weighted by Gasteiger charge is -2.43. The van der Waals surface area contributed by atoms with Crippen LogP contribution in [0.15, 0.2) is 35.8 Å². The minimum absolute atomic E-state index is 0.00811. The lowest BCUT2D eigenvalue weighted by atomic mass is 10.0. The van der Waals surface area contributed by atoms with E-state index < -0.39 is 17.7 Å². The van der Waals surface area contributed by atoms with E-state index in [1.54, 1.807) is 34.6 Å². The number of amides is 1. The fourth-order valence-electron chi connectivity index (χ4n) is 3.40. The first-order valence-electron chi connectivity index (χ1n) is 9.76. The lowest BCUT2D eigenvalue weighted by molar-refractivity contribution is -0.192.